The minimum atomic E-state index is 0.581. The smallest absolute Gasteiger partial charge is 0.0499 e. The van der Waals surface area contributed by atoms with E-state index in [1.54, 1.807) is 12.7 Å². The van der Waals surface area contributed by atoms with Crippen molar-refractivity contribution in [2.45, 2.75) is 33.1 Å². The molecule has 0 amide bonds. The Morgan fingerprint density at radius 1 is 1.54 bits per heavy atom. The van der Waals surface area contributed by atoms with E-state index in [2.05, 4.69) is 19.9 Å². The molecule has 1 fully saturated rings. The van der Waals surface area contributed by atoms with Gasteiger partial charge < -0.3 is 4.74 Å². The van der Waals surface area contributed by atoms with Gasteiger partial charge in [0.25, 0.3) is 0 Å². The molecule has 0 saturated heterocycles. The first-order valence-electron chi connectivity index (χ1n) is 5.34. The molecule has 0 aromatic heterocycles. The van der Waals surface area contributed by atoms with Crippen molar-refractivity contribution in [1.29, 1.82) is 0 Å². The van der Waals surface area contributed by atoms with Crippen molar-refractivity contribution >= 4 is 0 Å². The van der Waals surface area contributed by atoms with Gasteiger partial charge in [0.2, 0.25) is 0 Å². The van der Waals surface area contributed by atoms with Gasteiger partial charge >= 0.3 is 0 Å². The Balaban J connectivity index is 2.01. The topological polar surface area (TPSA) is 9.23 Å². The summed E-state index contributed by atoms with van der Waals surface area (Å²) in [4.78, 5) is 0. The molecule has 74 valence electrons. The van der Waals surface area contributed by atoms with Crippen LogP contribution in [0.25, 0.3) is 0 Å². The van der Waals surface area contributed by atoms with Crippen LogP contribution in [-0.4, -0.2) is 13.7 Å². The first kappa shape index (κ1) is 9.26. The SMILES string of the molecule is COCCC1=CCC2CC1C2(C)C. The van der Waals surface area contributed by atoms with Crippen LogP contribution in [0.5, 0.6) is 0 Å². The molecule has 0 radical (unpaired) electrons. The molecule has 3 aliphatic carbocycles. The van der Waals surface area contributed by atoms with Gasteiger partial charge in [-0.1, -0.05) is 25.5 Å². The fourth-order valence-corrected chi connectivity index (χ4v) is 2.98. The lowest BCUT2D eigenvalue weighted by molar-refractivity contribution is -0.0101. The molecule has 2 bridgehead atoms. The van der Waals surface area contributed by atoms with Crippen LogP contribution < -0.4 is 0 Å². The Labute approximate surface area is 81.2 Å². The number of methoxy groups -OCH3 is 1. The predicted molar refractivity (Wildman–Crippen MR) is 54.6 cm³/mol. The number of hydrogen-bond acceptors (Lipinski definition) is 1. The summed E-state index contributed by atoms with van der Waals surface area (Å²) in [5.41, 5.74) is 2.24. The average molecular weight is 180 g/mol. The monoisotopic (exact) mass is 180 g/mol. The second-order valence-corrected chi connectivity index (χ2v) is 5.06. The summed E-state index contributed by atoms with van der Waals surface area (Å²) in [5.74, 6) is 1.82. The maximum absolute atomic E-state index is 5.14. The zero-order valence-electron chi connectivity index (χ0n) is 8.97. The third-order valence-corrected chi connectivity index (χ3v) is 4.18. The second-order valence-electron chi connectivity index (χ2n) is 5.06. The highest BCUT2D eigenvalue weighted by Crippen LogP contribution is 2.59. The molecule has 1 saturated carbocycles. The molecular formula is C12H20O. The largest absolute Gasteiger partial charge is 0.384 e. The maximum atomic E-state index is 5.14. The highest BCUT2D eigenvalue weighted by molar-refractivity contribution is 5.23. The van der Waals surface area contributed by atoms with Crippen molar-refractivity contribution in [3.05, 3.63) is 11.6 Å². The third-order valence-electron chi connectivity index (χ3n) is 4.18. The van der Waals surface area contributed by atoms with Crippen LogP contribution in [0.4, 0.5) is 0 Å². The van der Waals surface area contributed by atoms with Crippen LogP contribution in [0.2, 0.25) is 0 Å². The first-order valence-corrected chi connectivity index (χ1v) is 5.34. The molecule has 0 aromatic carbocycles. The number of rotatable bonds is 3. The second kappa shape index (κ2) is 3.13. The van der Waals surface area contributed by atoms with Crippen LogP contribution in [0.15, 0.2) is 11.6 Å². The molecular weight excluding hydrogens is 160 g/mol. The van der Waals surface area contributed by atoms with E-state index in [-0.39, 0.29) is 0 Å². The van der Waals surface area contributed by atoms with Crippen molar-refractivity contribution in [1.82, 2.24) is 0 Å². The molecule has 1 heteroatoms. The number of hydrogen-bond donors (Lipinski definition) is 0. The fraction of sp³-hybridized carbons (Fsp3) is 0.833. The van der Waals surface area contributed by atoms with E-state index >= 15 is 0 Å². The summed E-state index contributed by atoms with van der Waals surface area (Å²) < 4.78 is 5.14. The summed E-state index contributed by atoms with van der Waals surface area (Å²) in [7, 11) is 1.79. The Morgan fingerprint density at radius 2 is 2.31 bits per heavy atom. The third kappa shape index (κ3) is 1.34. The maximum Gasteiger partial charge on any atom is 0.0499 e. The number of allylic oxidation sites excluding steroid dienone is 1. The standard InChI is InChI=1S/C12H20O/c1-12(2)10-5-4-9(6-7-13-3)11(12)8-10/h4,10-11H,5-8H2,1-3H3. The van der Waals surface area contributed by atoms with Crippen LogP contribution in [0.1, 0.15) is 33.1 Å². The minimum Gasteiger partial charge on any atom is -0.384 e. The molecule has 3 aliphatic rings. The lowest BCUT2D eigenvalue weighted by atomic mass is 9.48. The van der Waals surface area contributed by atoms with Crippen molar-refractivity contribution in [2.75, 3.05) is 13.7 Å². The summed E-state index contributed by atoms with van der Waals surface area (Å²) in [5, 5.41) is 0. The van der Waals surface area contributed by atoms with Gasteiger partial charge in [0.1, 0.15) is 0 Å². The van der Waals surface area contributed by atoms with Crippen molar-refractivity contribution in [2.24, 2.45) is 17.3 Å². The lowest BCUT2D eigenvalue weighted by Gasteiger charge is -2.56. The first-order chi connectivity index (χ1) is 6.16. The van der Waals surface area contributed by atoms with Gasteiger partial charge in [0.15, 0.2) is 0 Å². The van der Waals surface area contributed by atoms with Crippen molar-refractivity contribution < 1.29 is 4.74 Å². The molecule has 1 nitrogen and oxygen atoms in total. The van der Waals surface area contributed by atoms with E-state index in [1.807, 2.05) is 0 Å². The average Bonchev–Trinajstić information content (AvgIpc) is 2.14. The summed E-state index contributed by atoms with van der Waals surface area (Å²) in [6.07, 6.45) is 6.35. The zero-order chi connectivity index (χ0) is 9.47. The molecule has 2 unspecified atom stereocenters. The van der Waals surface area contributed by atoms with Crippen LogP contribution in [0, 0.1) is 17.3 Å². The Kier molecular flexibility index (Phi) is 2.23. The van der Waals surface area contributed by atoms with E-state index in [0.717, 1.165) is 24.9 Å². The highest BCUT2D eigenvalue weighted by Gasteiger charge is 2.50. The Hall–Kier alpha value is -0.300. The fourth-order valence-electron chi connectivity index (χ4n) is 2.98. The molecule has 0 heterocycles. The van der Waals surface area contributed by atoms with Gasteiger partial charge in [0, 0.05) is 13.7 Å². The van der Waals surface area contributed by atoms with Crippen LogP contribution in [-0.2, 0) is 4.74 Å². The molecule has 0 aromatic rings. The minimum absolute atomic E-state index is 0.581. The summed E-state index contributed by atoms with van der Waals surface area (Å²) in [6, 6.07) is 0. The zero-order valence-corrected chi connectivity index (χ0v) is 8.97. The Bertz CT molecular complexity index is 227. The molecule has 0 spiro atoms. The molecule has 13 heavy (non-hydrogen) atoms. The van der Waals surface area contributed by atoms with Crippen molar-refractivity contribution in [3.8, 4) is 0 Å². The Morgan fingerprint density at radius 3 is 2.85 bits per heavy atom. The van der Waals surface area contributed by atoms with E-state index in [4.69, 9.17) is 4.74 Å². The van der Waals surface area contributed by atoms with Gasteiger partial charge in [-0.2, -0.15) is 0 Å². The summed E-state index contributed by atoms with van der Waals surface area (Å²) in [6.45, 7) is 5.74. The normalized spacial score (nSPS) is 35.2. The van der Waals surface area contributed by atoms with E-state index in [0.29, 0.717) is 5.41 Å². The molecule has 0 aliphatic heterocycles. The number of ether oxygens (including phenoxy) is 1. The van der Waals surface area contributed by atoms with E-state index in [1.165, 1.54) is 12.8 Å². The molecule has 0 N–H and O–H groups in total. The van der Waals surface area contributed by atoms with Gasteiger partial charge in [-0.15, -0.1) is 0 Å². The molecule has 3 rings (SSSR count). The summed E-state index contributed by atoms with van der Waals surface area (Å²) >= 11 is 0. The van der Waals surface area contributed by atoms with Crippen molar-refractivity contribution in [3.63, 3.8) is 0 Å². The van der Waals surface area contributed by atoms with Gasteiger partial charge in [0.05, 0.1) is 0 Å². The van der Waals surface area contributed by atoms with Gasteiger partial charge in [-0.3, -0.25) is 0 Å². The lowest BCUT2D eigenvalue weighted by Crippen LogP contribution is -2.48. The quantitative estimate of drug-likeness (QED) is 0.607. The van der Waals surface area contributed by atoms with E-state index < -0.39 is 0 Å². The number of fused-ring (bicyclic) bond motifs is 1. The predicted octanol–water partition coefficient (Wildman–Crippen LogP) is 3.02. The van der Waals surface area contributed by atoms with Crippen LogP contribution in [0.3, 0.4) is 0 Å². The van der Waals surface area contributed by atoms with Crippen LogP contribution >= 0.6 is 0 Å². The van der Waals surface area contributed by atoms with E-state index in [9.17, 15) is 0 Å². The van der Waals surface area contributed by atoms with Gasteiger partial charge in [-0.05, 0) is 36.5 Å². The molecule has 2 atom stereocenters. The highest BCUT2D eigenvalue weighted by atomic mass is 16.5. The van der Waals surface area contributed by atoms with Gasteiger partial charge in [-0.25, -0.2) is 0 Å².